The van der Waals surface area contributed by atoms with Crippen LogP contribution in [0.4, 0.5) is 13.2 Å². The summed E-state index contributed by atoms with van der Waals surface area (Å²) < 4.78 is 43.0. The zero-order chi connectivity index (χ0) is 15.5. The van der Waals surface area contributed by atoms with Crippen LogP contribution in [-0.2, 0) is 13.0 Å². The summed E-state index contributed by atoms with van der Waals surface area (Å²) in [6, 6.07) is 5.22. The first kappa shape index (κ1) is 15.4. The summed E-state index contributed by atoms with van der Waals surface area (Å²) in [5.41, 5.74) is 2.10. The van der Waals surface area contributed by atoms with Gasteiger partial charge in [0.15, 0.2) is 0 Å². The lowest BCUT2D eigenvalue weighted by Gasteiger charge is -2.09. The van der Waals surface area contributed by atoms with Crippen molar-refractivity contribution in [2.45, 2.75) is 19.1 Å². The lowest BCUT2D eigenvalue weighted by Crippen LogP contribution is -2.17. The molecule has 1 aromatic heterocycles. The molecule has 0 bridgehead atoms. The van der Waals surface area contributed by atoms with E-state index in [9.17, 15) is 13.2 Å². The van der Waals surface area contributed by atoms with Crippen LogP contribution < -0.4 is 4.74 Å². The first-order valence-electron chi connectivity index (χ1n) is 6.30. The van der Waals surface area contributed by atoms with Crippen LogP contribution >= 0.6 is 0 Å². The van der Waals surface area contributed by atoms with Crippen molar-refractivity contribution >= 4 is 0 Å². The van der Waals surface area contributed by atoms with E-state index in [1.54, 1.807) is 18.2 Å². The second-order valence-electron chi connectivity index (χ2n) is 4.54. The lowest BCUT2D eigenvalue weighted by atomic mass is 10.00. The van der Waals surface area contributed by atoms with Crippen LogP contribution in [0, 0.1) is 0 Å². The molecule has 114 valence electrons. The predicted octanol–water partition coefficient (Wildman–Crippen LogP) is 2.66. The van der Waals surface area contributed by atoms with Crippen molar-refractivity contribution in [1.29, 1.82) is 0 Å². The summed E-state index contributed by atoms with van der Waals surface area (Å²) >= 11 is 0. The molecule has 0 fully saturated rings. The average Bonchev–Trinajstić information content (AvgIpc) is 2.85. The van der Waals surface area contributed by atoms with Gasteiger partial charge in [0.05, 0.1) is 13.3 Å². The minimum Gasteiger partial charge on any atom is -0.497 e. The Hall–Kier alpha value is -2.02. The molecule has 0 radical (unpaired) electrons. The normalized spacial score (nSPS) is 11.7. The molecule has 1 aromatic carbocycles. The highest BCUT2D eigenvalue weighted by atomic mass is 19.4. The monoisotopic (exact) mass is 300 g/mol. The molecule has 2 rings (SSSR count). The number of aliphatic hydroxyl groups is 1. The number of methoxy groups -OCH3 is 1. The van der Waals surface area contributed by atoms with Crippen LogP contribution in [0.25, 0.3) is 11.1 Å². The maximum Gasteiger partial charge on any atom is 0.408 e. The predicted molar refractivity (Wildman–Crippen MR) is 71.1 cm³/mol. The molecule has 0 amide bonds. The first-order valence-corrected chi connectivity index (χ1v) is 6.30. The third kappa shape index (κ3) is 3.98. The van der Waals surface area contributed by atoms with Crippen LogP contribution in [0.5, 0.6) is 5.75 Å². The van der Waals surface area contributed by atoms with Gasteiger partial charge in [-0.3, -0.25) is 4.68 Å². The largest absolute Gasteiger partial charge is 0.497 e. The van der Waals surface area contributed by atoms with Gasteiger partial charge in [0.2, 0.25) is 0 Å². The molecule has 0 atom stereocenters. The summed E-state index contributed by atoms with van der Waals surface area (Å²) in [5.74, 6) is 0.630. The molecule has 1 N–H and O–H groups in total. The molecule has 0 aliphatic carbocycles. The Morgan fingerprint density at radius 1 is 1.33 bits per heavy atom. The highest BCUT2D eigenvalue weighted by Gasteiger charge is 2.28. The van der Waals surface area contributed by atoms with Crippen molar-refractivity contribution in [3.63, 3.8) is 0 Å². The number of aromatic nitrogens is 2. The molecule has 0 aliphatic rings. The molecular weight excluding hydrogens is 285 g/mol. The van der Waals surface area contributed by atoms with Crippen molar-refractivity contribution in [2.24, 2.45) is 0 Å². The summed E-state index contributed by atoms with van der Waals surface area (Å²) in [6.07, 6.45) is -1.20. The van der Waals surface area contributed by atoms with Crippen LogP contribution in [0.1, 0.15) is 5.56 Å². The molecule has 21 heavy (non-hydrogen) atoms. The third-order valence-electron chi connectivity index (χ3n) is 2.98. The summed E-state index contributed by atoms with van der Waals surface area (Å²) in [4.78, 5) is 0. The SMILES string of the molecule is COc1ccc(-c2cnn(CC(F)(F)F)c2)c(CCO)c1. The van der Waals surface area contributed by atoms with E-state index in [1.165, 1.54) is 19.5 Å². The number of halogens is 3. The molecule has 0 aliphatic heterocycles. The van der Waals surface area contributed by atoms with E-state index in [0.29, 0.717) is 17.7 Å². The third-order valence-corrected chi connectivity index (χ3v) is 2.98. The number of ether oxygens (including phenoxy) is 1. The Labute approximate surface area is 119 Å². The summed E-state index contributed by atoms with van der Waals surface area (Å²) in [7, 11) is 1.53. The van der Waals surface area contributed by atoms with Gasteiger partial charge >= 0.3 is 6.18 Å². The Morgan fingerprint density at radius 2 is 2.10 bits per heavy atom. The smallest absolute Gasteiger partial charge is 0.408 e. The van der Waals surface area contributed by atoms with Gasteiger partial charge in [-0.1, -0.05) is 6.07 Å². The maximum absolute atomic E-state index is 12.3. The van der Waals surface area contributed by atoms with Gasteiger partial charge in [-0.15, -0.1) is 0 Å². The zero-order valence-electron chi connectivity index (χ0n) is 11.4. The fourth-order valence-electron chi connectivity index (χ4n) is 2.08. The van der Waals surface area contributed by atoms with Crippen LogP contribution in [0.3, 0.4) is 0 Å². The van der Waals surface area contributed by atoms with Gasteiger partial charge in [0.25, 0.3) is 0 Å². The average molecular weight is 300 g/mol. The van der Waals surface area contributed by atoms with Gasteiger partial charge in [0, 0.05) is 18.4 Å². The van der Waals surface area contributed by atoms with E-state index in [4.69, 9.17) is 9.84 Å². The van der Waals surface area contributed by atoms with E-state index < -0.39 is 12.7 Å². The highest BCUT2D eigenvalue weighted by molar-refractivity contribution is 5.67. The minimum atomic E-state index is -4.31. The van der Waals surface area contributed by atoms with Crippen molar-refractivity contribution in [3.05, 3.63) is 36.2 Å². The molecule has 0 saturated carbocycles. The summed E-state index contributed by atoms with van der Waals surface area (Å²) in [5, 5.41) is 12.8. The van der Waals surface area contributed by atoms with Crippen molar-refractivity contribution in [3.8, 4) is 16.9 Å². The second-order valence-corrected chi connectivity index (χ2v) is 4.54. The van der Waals surface area contributed by atoms with Crippen LogP contribution in [-0.4, -0.2) is 34.8 Å². The highest BCUT2D eigenvalue weighted by Crippen LogP contribution is 2.28. The van der Waals surface area contributed by atoms with E-state index in [1.807, 2.05) is 0 Å². The number of nitrogens with zero attached hydrogens (tertiary/aromatic N) is 2. The minimum absolute atomic E-state index is 0.0587. The van der Waals surface area contributed by atoms with Crippen molar-refractivity contribution < 1.29 is 23.0 Å². The Kier molecular flexibility index (Phi) is 4.52. The number of alkyl halides is 3. The number of rotatable bonds is 5. The quantitative estimate of drug-likeness (QED) is 0.923. The van der Waals surface area contributed by atoms with Crippen molar-refractivity contribution in [1.82, 2.24) is 9.78 Å². The van der Waals surface area contributed by atoms with E-state index in [2.05, 4.69) is 5.10 Å². The van der Waals surface area contributed by atoms with Gasteiger partial charge in [-0.25, -0.2) is 0 Å². The number of benzene rings is 1. The van der Waals surface area contributed by atoms with Gasteiger partial charge in [0.1, 0.15) is 12.3 Å². The molecule has 0 saturated heterocycles. The molecule has 4 nitrogen and oxygen atoms in total. The summed E-state index contributed by atoms with van der Waals surface area (Å²) in [6.45, 7) is -1.19. The fourth-order valence-corrected chi connectivity index (χ4v) is 2.08. The standard InChI is InChI=1S/C14H15F3N2O2/c1-21-12-2-3-13(10(6-12)4-5-20)11-7-18-19(8-11)9-14(15,16)17/h2-3,6-8,20H,4-5,9H2,1H3. The van der Waals surface area contributed by atoms with Gasteiger partial charge < -0.3 is 9.84 Å². The maximum atomic E-state index is 12.3. The molecular formula is C14H15F3N2O2. The Morgan fingerprint density at radius 3 is 2.71 bits per heavy atom. The van der Waals surface area contributed by atoms with Crippen LogP contribution in [0.15, 0.2) is 30.6 Å². The molecule has 2 aromatic rings. The first-order chi connectivity index (χ1) is 9.93. The molecule has 0 spiro atoms. The topological polar surface area (TPSA) is 47.3 Å². The number of hydrogen-bond donors (Lipinski definition) is 1. The van der Waals surface area contributed by atoms with Gasteiger partial charge in [-0.2, -0.15) is 18.3 Å². The zero-order valence-corrected chi connectivity index (χ0v) is 11.4. The molecule has 1 heterocycles. The number of aliphatic hydroxyl groups excluding tert-OH is 1. The number of hydrogen-bond acceptors (Lipinski definition) is 3. The Bertz CT molecular complexity index is 609. The second kappa shape index (κ2) is 6.17. The van der Waals surface area contributed by atoms with E-state index in [0.717, 1.165) is 15.8 Å². The fraction of sp³-hybridized carbons (Fsp3) is 0.357. The molecule has 0 unspecified atom stereocenters. The van der Waals surface area contributed by atoms with E-state index >= 15 is 0 Å². The van der Waals surface area contributed by atoms with Crippen LogP contribution in [0.2, 0.25) is 0 Å². The lowest BCUT2D eigenvalue weighted by molar-refractivity contribution is -0.142. The Balaban J connectivity index is 2.33. The van der Waals surface area contributed by atoms with Crippen molar-refractivity contribution in [2.75, 3.05) is 13.7 Å². The van der Waals surface area contributed by atoms with Gasteiger partial charge in [-0.05, 0) is 29.7 Å². The van der Waals surface area contributed by atoms with E-state index in [-0.39, 0.29) is 6.61 Å². The molecule has 7 heteroatoms.